The zero-order valence-electron chi connectivity index (χ0n) is 9.35. The molecule has 1 rings (SSSR count). The molecule has 0 aliphatic heterocycles. The molecule has 1 aromatic rings. The fourth-order valence-corrected chi connectivity index (χ4v) is 2.14. The Bertz CT molecular complexity index is 302. The van der Waals surface area contributed by atoms with E-state index < -0.39 is 0 Å². The molecule has 0 radical (unpaired) electrons. The number of benzene rings is 1. The third-order valence-electron chi connectivity index (χ3n) is 2.21. The van der Waals surface area contributed by atoms with E-state index in [4.69, 9.17) is 10.5 Å². The summed E-state index contributed by atoms with van der Waals surface area (Å²) in [6.45, 7) is 4.93. The van der Waals surface area contributed by atoms with Gasteiger partial charge in [-0.2, -0.15) is 0 Å². The minimum atomic E-state index is 0.707. The Morgan fingerprint density at radius 1 is 1.33 bits per heavy atom. The van der Waals surface area contributed by atoms with Crippen molar-refractivity contribution in [2.75, 3.05) is 12.3 Å². The summed E-state index contributed by atoms with van der Waals surface area (Å²) >= 11 is 3.46. The van der Waals surface area contributed by atoms with Crippen LogP contribution in [0.4, 0.5) is 5.69 Å². The van der Waals surface area contributed by atoms with Gasteiger partial charge < -0.3 is 10.5 Å². The Hall–Kier alpha value is -0.700. The van der Waals surface area contributed by atoms with Crippen LogP contribution in [0.3, 0.4) is 0 Å². The average molecular weight is 272 g/mol. The molecule has 0 saturated heterocycles. The maximum atomic E-state index is 5.88. The van der Waals surface area contributed by atoms with E-state index in [1.54, 1.807) is 0 Å². The van der Waals surface area contributed by atoms with Gasteiger partial charge in [0.15, 0.2) is 5.75 Å². The summed E-state index contributed by atoms with van der Waals surface area (Å²) in [5, 5.41) is 0. The van der Waals surface area contributed by atoms with Gasteiger partial charge in [0.05, 0.1) is 16.8 Å². The van der Waals surface area contributed by atoms with E-state index in [9.17, 15) is 0 Å². The second kappa shape index (κ2) is 6.01. The number of rotatable bonds is 5. The molecular formula is C12H18BrNO. The molecular weight excluding hydrogens is 254 g/mol. The van der Waals surface area contributed by atoms with Crippen LogP contribution in [0.1, 0.15) is 31.7 Å². The van der Waals surface area contributed by atoms with Crippen LogP contribution in [0.5, 0.6) is 5.75 Å². The predicted octanol–water partition coefficient (Wildman–Crippen LogP) is 3.91. The standard InChI is InChI=1S/C12H18BrNO/c1-3-4-5-6-15-12-10(13)7-9(2)8-11(12)14/h7-8H,3-6,14H2,1-2H3. The number of hydrogen-bond acceptors (Lipinski definition) is 2. The van der Waals surface area contributed by atoms with Gasteiger partial charge in [-0.3, -0.25) is 0 Å². The molecule has 0 aromatic heterocycles. The number of nitrogen functional groups attached to an aromatic ring is 1. The molecule has 0 fully saturated rings. The first-order valence-electron chi connectivity index (χ1n) is 5.33. The van der Waals surface area contributed by atoms with Gasteiger partial charge in [-0.15, -0.1) is 0 Å². The lowest BCUT2D eigenvalue weighted by molar-refractivity contribution is 0.306. The number of ether oxygens (including phenoxy) is 1. The van der Waals surface area contributed by atoms with E-state index >= 15 is 0 Å². The van der Waals surface area contributed by atoms with Crippen molar-refractivity contribution in [2.24, 2.45) is 0 Å². The van der Waals surface area contributed by atoms with Crippen LogP contribution in [0.25, 0.3) is 0 Å². The first kappa shape index (κ1) is 12.4. The summed E-state index contributed by atoms with van der Waals surface area (Å²) in [4.78, 5) is 0. The van der Waals surface area contributed by atoms with Crippen molar-refractivity contribution >= 4 is 21.6 Å². The van der Waals surface area contributed by atoms with Crippen LogP contribution >= 0.6 is 15.9 Å². The molecule has 84 valence electrons. The Balaban J connectivity index is 2.60. The van der Waals surface area contributed by atoms with Crippen molar-refractivity contribution in [1.82, 2.24) is 0 Å². The average Bonchev–Trinajstić information content (AvgIpc) is 2.15. The minimum absolute atomic E-state index is 0.707. The maximum Gasteiger partial charge on any atom is 0.156 e. The molecule has 1 aromatic carbocycles. The first-order valence-corrected chi connectivity index (χ1v) is 6.13. The first-order chi connectivity index (χ1) is 7.15. The van der Waals surface area contributed by atoms with E-state index in [1.807, 2.05) is 19.1 Å². The summed E-state index contributed by atoms with van der Waals surface area (Å²) in [5.41, 5.74) is 7.73. The Kier molecular flexibility index (Phi) is 4.95. The second-order valence-corrected chi connectivity index (χ2v) is 4.58. The summed E-state index contributed by atoms with van der Waals surface area (Å²) in [5.74, 6) is 0.775. The van der Waals surface area contributed by atoms with E-state index in [0.29, 0.717) is 5.69 Å². The summed E-state index contributed by atoms with van der Waals surface area (Å²) < 4.78 is 6.59. The van der Waals surface area contributed by atoms with Crippen molar-refractivity contribution in [3.05, 3.63) is 22.2 Å². The molecule has 0 bridgehead atoms. The highest BCUT2D eigenvalue weighted by atomic mass is 79.9. The monoisotopic (exact) mass is 271 g/mol. The van der Waals surface area contributed by atoms with Gasteiger partial charge in [-0.25, -0.2) is 0 Å². The van der Waals surface area contributed by atoms with E-state index in [-0.39, 0.29) is 0 Å². The zero-order valence-corrected chi connectivity index (χ0v) is 10.9. The Morgan fingerprint density at radius 2 is 2.07 bits per heavy atom. The van der Waals surface area contributed by atoms with E-state index in [2.05, 4.69) is 22.9 Å². The lowest BCUT2D eigenvalue weighted by Crippen LogP contribution is -2.01. The molecule has 0 aliphatic rings. The van der Waals surface area contributed by atoms with Crippen molar-refractivity contribution in [2.45, 2.75) is 33.1 Å². The van der Waals surface area contributed by atoms with Crippen LogP contribution in [0.2, 0.25) is 0 Å². The third kappa shape index (κ3) is 3.74. The van der Waals surface area contributed by atoms with Gasteiger partial charge in [0.25, 0.3) is 0 Å². The number of nitrogens with two attached hydrogens (primary N) is 1. The fourth-order valence-electron chi connectivity index (χ4n) is 1.43. The molecule has 0 unspecified atom stereocenters. The summed E-state index contributed by atoms with van der Waals surface area (Å²) in [6, 6.07) is 3.95. The Labute approximate surface area is 99.9 Å². The van der Waals surface area contributed by atoms with Crippen molar-refractivity contribution in [3.8, 4) is 5.75 Å². The van der Waals surface area contributed by atoms with Gasteiger partial charge in [0, 0.05) is 0 Å². The maximum absolute atomic E-state index is 5.88. The molecule has 0 amide bonds. The topological polar surface area (TPSA) is 35.2 Å². The van der Waals surface area contributed by atoms with Gasteiger partial charge in [0.2, 0.25) is 0 Å². The van der Waals surface area contributed by atoms with Crippen LogP contribution in [0, 0.1) is 6.92 Å². The van der Waals surface area contributed by atoms with Crippen molar-refractivity contribution in [3.63, 3.8) is 0 Å². The summed E-state index contributed by atoms with van der Waals surface area (Å²) in [7, 11) is 0. The van der Waals surface area contributed by atoms with E-state index in [0.717, 1.165) is 28.8 Å². The molecule has 0 aliphatic carbocycles. The normalized spacial score (nSPS) is 10.3. The van der Waals surface area contributed by atoms with Crippen molar-refractivity contribution < 1.29 is 4.74 Å². The quantitative estimate of drug-likeness (QED) is 0.651. The van der Waals surface area contributed by atoms with Crippen LogP contribution in [0.15, 0.2) is 16.6 Å². The highest BCUT2D eigenvalue weighted by molar-refractivity contribution is 9.10. The molecule has 2 N–H and O–H groups in total. The van der Waals surface area contributed by atoms with Crippen LogP contribution in [-0.4, -0.2) is 6.61 Å². The van der Waals surface area contributed by atoms with Gasteiger partial charge in [0.1, 0.15) is 0 Å². The number of anilines is 1. The molecule has 2 nitrogen and oxygen atoms in total. The molecule has 15 heavy (non-hydrogen) atoms. The molecule has 0 spiro atoms. The van der Waals surface area contributed by atoms with Gasteiger partial charge in [-0.05, 0) is 47.0 Å². The van der Waals surface area contributed by atoms with Gasteiger partial charge in [-0.1, -0.05) is 19.8 Å². The number of halogens is 1. The molecule has 0 saturated carbocycles. The summed E-state index contributed by atoms with van der Waals surface area (Å²) in [6.07, 6.45) is 3.48. The van der Waals surface area contributed by atoms with Crippen LogP contribution < -0.4 is 10.5 Å². The minimum Gasteiger partial charge on any atom is -0.490 e. The third-order valence-corrected chi connectivity index (χ3v) is 2.80. The fraction of sp³-hybridized carbons (Fsp3) is 0.500. The van der Waals surface area contributed by atoms with Crippen molar-refractivity contribution in [1.29, 1.82) is 0 Å². The Morgan fingerprint density at radius 3 is 2.67 bits per heavy atom. The lowest BCUT2D eigenvalue weighted by Gasteiger charge is -2.11. The van der Waals surface area contributed by atoms with E-state index in [1.165, 1.54) is 12.8 Å². The smallest absolute Gasteiger partial charge is 0.156 e. The zero-order chi connectivity index (χ0) is 11.3. The largest absolute Gasteiger partial charge is 0.490 e. The lowest BCUT2D eigenvalue weighted by atomic mass is 10.2. The molecule has 0 heterocycles. The van der Waals surface area contributed by atoms with Gasteiger partial charge >= 0.3 is 0 Å². The second-order valence-electron chi connectivity index (χ2n) is 3.72. The number of hydrogen-bond donors (Lipinski definition) is 1. The predicted molar refractivity (Wildman–Crippen MR) is 68.3 cm³/mol. The number of unbranched alkanes of at least 4 members (excludes halogenated alkanes) is 2. The molecule has 0 atom stereocenters. The van der Waals surface area contributed by atoms with Crippen LogP contribution in [-0.2, 0) is 0 Å². The highest BCUT2D eigenvalue weighted by Crippen LogP contribution is 2.32. The highest BCUT2D eigenvalue weighted by Gasteiger charge is 2.06. The SMILES string of the molecule is CCCCCOc1c(N)cc(C)cc1Br. The number of aryl methyl sites for hydroxylation is 1. The molecule has 3 heteroatoms.